The fraction of sp³-hybridized carbons (Fsp3) is 0.524. The lowest BCUT2D eigenvalue weighted by molar-refractivity contribution is -0.914. The predicted octanol–water partition coefficient (Wildman–Crippen LogP) is 1.74. The standard InChI is InChI=1S/C21H28N6O/c1-5-21(3,4)27-19(23-24-25-27)18(26-10-6-7-11-26)16-13-15-12-14(2)8-9-17(15)22-20(16)28/h8-9,12-13,18H,5-7,10-11H2,1-4H3,(H,22,28)/p+1/t18-/m1/s1. The number of quaternary nitrogens is 1. The van der Waals surface area contributed by atoms with Gasteiger partial charge in [0.1, 0.15) is 0 Å². The smallest absolute Gasteiger partial charge is 0.258 e. The van der Waals surface area contributed by atoms with Gasteiger partial charge in [0.15, 0.2) is 6.04 Å². The third-order valence-electron chi connectivity index (χ3n) is 6.18. The molecule has 0 spiro atoms. The van der Waals surface area contributed by atoms with E-state index in [4.69, 9.17) is 0 Å². The molecule has 2 aromatic heterocycles. The number of aryl methyl sites for hydroxylation is 1. The molecule has 0 radical (unpaired) electrons. The molecule has 7 nitrogen and oxygen atoms in total. The van der Waals surface area contributed by atoms with Crippen LogP contribution in [0.1, 0.15) is 63.0 Å². The molecule has 3 aromatic rings. The molecule has 1 atom stereocenters. The molecule has 4 rings (SSSR count). The average molecular weight is 382 g/mol. The van der Waals surface area contributed by atoms with Crippen molar-refractivity contribution >= 4 is 10.9 Å². The Hall–Kier alpha value is -2.54. The zero-order valence-electron chi connectivity index (χ0n) is 17.1. The molecule has 1 aromatic carbocycles. The highest BCUT2D eigenvalue weighted by atomic mass is 16.1. The van der Waals surface area contributed by atoms with E-state index in [9.17, 15) is 4.79 Å². The molecule has 1 aliphatic heterocycles. The Bertz CT molecular complexity index is 1040. The summed E-state index contributed by atoms with van der Waals surface area (Å²) in [6, 6.07) is 7.97. The number of tetrazole rings is 1. The zero-order chi connectivity index (χ0) is 19.9. The van der Waals surface area contributed by atoms with Crippen LogP contribution in [-0.2, 0) is 5.54 Å². The molecule has 0 aliphatic carbocycles. The van der Waals surface area contributed by atoms with Crippen molar-refractivity contribution in [1.29, 1.82) is 0 Å². The average Bonchev–Trinajstić information content (AvgIpc) is 3.35. The van der Waals surface area contributed by atoms with E-state index in [1.165, 1.54) is 10.5 Å². The van der Waals surface area contributed by atoms with Crippen LogP contribution in [0, 0.1) is 6.92 Å². The normalized spacial score (nSPS) is 16.7. The summed E-state index contributed by atoms with van der Waals surface area (Å²) in [6.45, 7) is 10.5. The molecule has 28 heavy (non-hydrogen) atoms. The highest BCUT2D eigenvalue weighted by Gasteiger charge is 2.38. The Kier molecular flexibility index (Phi) is 4.79. The first-order valence-electron chi connectivity index (χ1n) is 10.2. The van der Waals surface area contributed by atoms with Crippen molar-refractivity contribution in [3.8, 4) is 0 Å². The Balaban J connectivity index is 1.92. The van der Waals surface area contributed by atoms with Gasteiger partial charge in [0.05, 0.1) is 24.2 Å². The second-order valence-electron chi connectivity index (χ2n) is 8.56. The molecule has 7 heteroatoms. The van der Waals surface area contributed by atoms with Gasteiger partial charge in [-0.25, -0.2) is 4.68 Å². The highest BCUT2D eigenvalue weighted by Crippen LogP contribution is 2.25. The first kappa shape index (κ1) is 18.8. The maximum atomic E-state index is 13.1. The number of pyridine rings is 1. The van der Waals surface area contributed by atoms with Gasteiger partial charge in [0.25, 0.3) is 5.56 Å². The summed E-state index contributed by atoms with van der Waals surface area (Å²) in [5.41, 5.74) is 2.52. The fourth-order valence-corrected chi connectivity index (χ4v) is 4.17. The molecule has 1 saturated heterocycles. The third kappa shape index (κ3) is 3.24. The zero-order valence-corrected chi connectivity index (χ0v) is 17.1. The topological polar surface area (TPSA) is 80.9 Å². The lowest BCUT2D eigenvalue weighted by Gasteiger charge is -2.29. The maximum Gasteiger partial charge on any atom is 0.258 e. The van der Waals surface area contributed by atoms with Crippen molar-refractivity contribution in [1.82, 2.24) is 25.2 Å². The number of hydrogen-bond acceptors (Lipinski definition) is 4. The van der Waals surface area contributed by atoms with Crippen LogP contribution in [0.15, 0.2) is 29.1 Å². The van der Waals surface area contributed by atoms with Gasteiger partial charge >= 0.3 is 0 Å². The second kappa shape index (κ2) is 7.13. The number of H-pyrrole nitrogens is 1. The lowest BCUT2D eigenvalue weighted by Crippen LogP contribution is -3.10. The van der Waals surface area contributed by atoms with Gasteiger partial charge < -0.3 is 9.88 Å². The number of nitrogens with zero attached hydrogens (tertiary/aromatic N) is 4. The van der Waals surface area contributed by atoms with E-state index in [1.807, 2.05) is 22.9 Å². The number of hydrogen-bond donors (Lipinski definition) is 2. The molecule has 1 aliphatic rings. The Morgan fingerprint density at radius 3 is 2.71 bits per heavy atom. The molecular weight excluding hydrogens is 352 g/mol. The van der Waals surface area contributed by atoms with Crippen molar-refractivity contribution in [2.45, 2.75) is 58.5 Å². The number of rotatable bonds is 5. The van der Waals surface area contributed by atoms with Crippen molar-refractivity contribution in [2.75, 3.05) is 13.1 Å². The Labute approximate surface area is 164 Å². The molecule has 2 N–H and O–H groups in total. The highest BCUT2D eigenvalue weighted by molar-refractivity contribution is 5.79. The van der Waals surface area contributed by atoms with Gasteiger partial charge in [-0.15, -0.1) is 5.10 Å². The maximum absolute atomic E-state index is 13.1. The van der Waals surface area contributed by atoms with Crippen LogP contribution in [-0.4, -0.2) is 38.3 Å². The molecule has 1 fully saturated rings. The number of aromatic nitrogens is 5. The minimum absolute atomic E-state index is 0.0513. The van der Waals surface area contributed by atoms with Crippen LogP contribution >= 0.6 is 0 Å². The summed E-state index contributed by atoms with van der Waals surface area (Å²) in [4.78, 5) is 17.5. The molecule has 0 unspecified atom stereocenters. The summed E-state index contributed by atoms with van der Waals surface area (Å²) in [5, 5.41) is 13.8. The molecule has 0 bridgehead atoms. The van der Waals surface area contributed by atoms with E-state index in [2.05, 4.69) is 54.3 Å². The molecule has 3 heterocycles. The van der Waals surface area contributed by atoms with Crippen LogP contribution in [0.5, 0.6) is 0 Å². The summed E-state index contributed by atoms with van der Waals surface area (Å²) in [6.07, 6.45) is 3.23. The minimum atomic E-state index is -0.212. The molecule has 0 saturated carbocycles. The van der Waals surface area contributed by atoms with Crippen LogP contribution in [0.25, 0.3) is 10.9 Å². The number of fused-ring (bicyclic) bond motifs is 1. The van der Waals surface area contributed by atoms with E-state index in [1.54, 1.807) is 0 Å². The predicted molar refractivity (Wildman–Crippen MR) is 109 cm³/mol. The fourth-order valence-electron chi connectivity index (χ4n) is 4.17. The summed E-state index contributed by atoms with van der Waals surface area (Å²) >= 11 is 0. The van der Waals surface area contributed by atoms with E-state index < -0.39 is 0 Å². The molecular formula is C21H29N6O+. The largest absolute Gasteiger partial charge is 0.322 e. The van der Waals surface area contributed by atoms with E-state index in [0.29, 0.717) is 0 Å². The number of aromatic amines is 1. The number of likely N-dealkylation sites (tertiary alicyclic amines) is 1. The van der Waals surface area contributed by atoms with Gasteiger partial charge in [-0.1, -0.05) is 18.6 Å². The van der Waals surface area contributed by atoms with Crippen molar-refractivity contribution in [3.63, 3.8) is 0 Å². The van der Waals surface area contributed by atoms with Gasteiger partial charge in [-0.3, -0.25) is 4.79 Å². The second-order valence-corrected chi connectivity index (χ2v) is 8.56. The quantitative estimate of drug-likeness (QED) is 0.705. The van der Waals surface area contributed by atoms with Crippen molar-refractivity contribution < 1.29 is 4.90 Å². The van der Waals surface area contributed by atoms with Crippen LogP contribution in [0.2, 0.25) is 0 Å². The molecule has 0 amide bonds. The third-order valence-corrected chi connectivity index (χ3v) is 6.18. The Morgan fingerprint density at radius 2 is 2.00 bits per heavy atom. The Morgan fingerprint density at radius 1 is 1.25 bits per heavy atom. The van der Waals surface area contributed by atoms with E-state index in [0.717, 1.165) is 54.6 Å². The van der Waals surface area contributed by atoms with E-state index in [-0.39, 0.29) is 17.1 Å². The number of benzene rings is 1. The SMILES string of the molecule is CCC(C)(C)n1nnnc1[C@@H](c1cc2cc(C)ccc2[nH]c1=O)[NH+]1CCCC1. The summed E-state index contributed by atoms with van der Waals surface area (Å²) in [5.74, 6) is 0.779. The summed E-state index contributed by atoms with van der Waals surface area (Å²) < 4.78 is 1.92. The molecule has 148 valence electrons. The van der Waals surface area contributed by atoms with Gasteiger partial charge in [0.2, 0.25) is 5.82 Å². The first-order valence-corrected chi connectivity index (χ1v) is 10.2. The first-order chi connectivity index (χ1) is 13.4. The van der Waals surface area contributed by atoms with Gasteiger partial charge in [-0.2, -0.15) is 0 Å². The van der Waals surface area contributed by atoms with Gasteiger partial charge in [0, 0.05) is 18.4 Å². The lowest BCUT2D eigenvalue weighted by atomic mass is 9.99. The van der Waals surface area contributed by atoms with Crippen LogP contribution in [0.3, 0.4) is 0 Å². The van der Waals surface area contributed by atoms with E-state index >= 15 is 0 Å². The minimum Gasteiger partial charge on any atom is -0.322 e. The number of nitrogens with one attached hydrogen (secondary N) is 2. The summed E-state index contributed by atoms with van der Waals surface area (Å²) in [7, 11) is 0. The van der Waals surface area contributed by atoms with Crippen molar-refractivity contribution in [2.24, 2.45) is 0 Å². The monoisotopic (exact) mass is 381 g/mol. The van der Waals surface area contributed by atoms with Crippen LogP contribution < -0.4 is 10.5 Å². The van der Waals surface area contributed by atoms with Gasteiger partial charge in [-0.05, 0) is 61.2 Å². The van der Waals surface area contributed by atoms with Crippen LogP contribution in [0.4, 0.5) is 0 Å². The van der Waals surface area contributed by atoms with Crippen molar-refractivity contribution in [3.05, 3.63) is 51.6 Å².